The fourth-order valence-corrected chi connectivity index (χ4v) is 5.55. The molecule has 0 saturated heterocycles. The smallest absolute Gasteiger partial charge is 0.338 e. The number of hydrogen-bond donors (Lipinski definition) is 1. The van der Waals surface area contributed by atoms with Crippen molar-refractivity contribution in [2.75, 3.05) is 67.3 Å². The van der Waals surface area contributed by atoms with E-state index in [2.05, 4.69) is 0 Å². The van der Waals surface area contributed by atoms with Crippen molar-refractivity contribution in [2.45, 2.75) is 45.7 Å². The fourth-order valence-electron chi connectivity index (χ4n) is 5.55. The molecule has 5 aromatic rings. The Kier molecular flexibility index (Phi) is 22.0. The standard InChI is InChI=1S/C51H56O18/c1-35(28-60-49(54)40-9-15-44(16-10-40)66-31-58-25-26-59-48(53)39-7-5-38(27-52)6-8-39)63-32-67-45-17-11-41(12-18-45)50(55)61-29-36(2)64-33-68-46-19-13-42(14-20-46)51(56)62-30-37(3)65-34-69-47-23-21-43(57-4)22-24-47/h5-24,35-37,52H,25-34H2,1-4H3. The lowest BCUT2D eigenvalue weighted by atomic mass is 10.1. The lowest BCUT2D eigenvalue weighted by molar-refractivity contribution is -0.0548. The molecule has 0 saturated carbocycles. The fraction of sp³-hybridized carbons (Fsp3) is 0.333. The van der Waals surface area contributed by atoms with Crippen LogP contribution in [0.15, 0.2) is 121 Å². The topological polar surface area (TPSA) is 208 Å². The summed E-state index contributed by atoms with van der Waals surface area (Å²) in [5, 5.41) is 9.10. The molecule has 3 atom stereocenters. The summed E-state index contributed by atoms with van der Waals surface area (Å²) in [4.78, 5) is 49.8. The quantitative estimate of drug-likeness (QED) is 0.0209. The van der Waals surface area contributed by atoms with Gasteiger partial charge in [-0.15, -0.1) is 0 Å². The summed E-state index contributed by atoms with van der Waals surface area (Å²) >= 11 is 0. The van der Waals surface area contributed by atoms with Crippen molar-refractivity contribution >= 4 is 23.9 Å². The Bertz CT molecular complexity index is 2300. The highest BCUT2D eigenvalue weighted by atomic mass is 16.7. The number of carbonyl (C=O) groups is 4. The maximum absolute atomic E-state index is 12.6. The van der Waals surface area contributed by atoms with E-state index in [1.54, 1.807) is 149 Å². The van der Waals surface area contributed by atoms with Crippen molar-refractivity contribution in [2.24, 2.45) is 0 Å². The molecule has 5 rings (SSSR count). The molecule has 0 bridgehead atoms. The number of aliphatic hydroxyl groups excluding tert-OH is 1. The highest BCUT2D eigenvalue weighted by molar-refractivity contribution is 5.91. The Morgan fingerprint density at radius 1 is 0.406 bits per heavy atom. The highest BCUT2D eigenvalue weighted by Crippen LogP contribution is 2.19. The van der Waals surface area contributed by atoms with Gasteiger partial charge in [-0.25, -0.2) is 19.2 Å². The summed E-state index contributed by atoms with van der Waals surface area (Å²) in [6.07, 6.45) is -1.37. The predicted octanol–water partition coefficient (Wildman–Crippen LogP) is 7.19. The molecule has 0 amide bonds. The number of esters is 4. The minimum Gasteiger partial charge on any atom is -0.497 e. The van der Waals surface area contributed by atoms with E-state index in [4.69, 9.17) is 66.7 Å². The molecule has 5 aromatic carbocycles. The molecular weight excluding hydrogens is 901 g/mol. The van der Waals surface area contributed by atoms with Crippen molar-refractivity contribution in [3.05, 3.63) is 149 Å². The molecule has 0 spiro atoms. The summed E-state index contributed by atoms with van der Waals surface area (Å²) in [5.41, 5.74) is 2.01. The summed E-state index contributed by atoms with van der Waals surface area (Å²) in [6.45, 7) is 4.87. The van der Waals surface area contributed by atoms with E-state index >= 15 is 0 Å². The second kappa shape index (κ2) is 28.8. The predicted molar refractivity (Wildman–Crippen MR) is 245 cm³/mol. The van der Waals surface area contributed by atoms with Crippen LogP contribution in [0.25, 0.3) is 0 Å². The first-order valence-corrected chi connectivity index (χ1v) is 21.8. The lowest BCUT2D eigenvalue weighted by Crippen LogP contribution is -2.21. The molecule has 3 unspecified atom stereocenters. The minimum atomic E-state index is -0.554. The van der Waals surface area contributed by atoms with Gasteiger partial charge >= 0.3 is 23.9 Å². The monoisotopic (exact) mass is 956 g/mol. The molecule has 18 nitrogen and oxygen atoms in total. The van der Waals surface area contributed by atoms with Crippen LogP contribution in [0.5, 0.6) is 28.7 Å². The van der Waals surface area contributed by atoms with Crippen molar-refractivity contribution in [1.82, 2.24) is 0 Å². The van der Waals surface area contributed by atoms with Gasteiger partial charge in [-0.3, -0.25) is 0 Å². The number of carbonyl (C=O) groups excluding carboxylic acids is 4. The number of ether oxygens (including phenoxy) is 13. The third kappa shape index (κ3) is 19.1. The Labute approximate surface area is 399 Å². The van der Waals surface area contributed by atoms with Gasteiger partial charge in [0, 0.05) is 0 Å². The third-order valence-corrected chi connectivity index (χ3v) is 9.55. The van der Waals surface area contributed by atoms with Gasteiger partial charge in [0.2, 0.25) is 0 Å². The number of methoxy groups -OCH3 is 1. The van der Waals surface area contributed by atoms with Crippen molar-refractivity contribution in [1.29, 1.82) is 0 Å². The van der Waals surface area contributed by atoms with E-state index in [0.717, 1.165) is 0 Å². The summed E-state index contributed by atoms with van der Waals surface area (Å²) in [7, 11) is 1.59. The van der Waals surface area contributed by atoms with Crippen molar-refractivity contribution in [3.8, 4) is 28.7 Å². The van der Waals surface area contributed by atoms with E-state index in [-0.39, 0.29) is 66.8 Å². The van der Waals surface area contributed by atoms with E-state index < -0.39 is 42.2 Å². The molecule has 0 radical (unpaired) electrons. The Morgan fingerprint density at radius 2 is 0.710 bits per heavy atom. The lowest BCUT2D eigenvalue weighted by Gasteiger charge is -2.15. The summed E-state index contributed by atoms with van der Waals surface area (Å²) in [5.74, 6) is 0.579. The van der Waals surface area contributed by atoms with Gasteiger partial charge in [0.15, 0.2) is 27.2 Å². The van der Waals surface area contributed by atoms with Gasteiger partial charge in [0.05, 0.1) is 60.9 Å². The Hall–Kier alpha value is -7.22. The van der Waals surface area contributed by atoms with Crippen molar-refractivity contribution < 1.29 is 85.9 Å². The second-order valence-corrected chi connectivity index (χ2v) is 14.9. The van der Waals surface area contributed by atoms with Crippen LogP contribution in [-0.2, 0) is 44.5 Å². The van der Waals surface area contributed by atoms with Crippen LogP contribution >= 0.6 is 0 Å². The number of hydrogen-bond acceptors (Lipinski definition) is 18. The summed E-state index contributed by atoms with van der Waals surface area (Å²) in [6, 6.07) is 32.5. The molecule has 368 valence electrons. The van der Waals surface area contributed by atoms with E-state index in [1.807, 2.05) is 0 Å². The molecule has 0 aliphatic carbocycles. The van der Waals surface area contributed by atoms with E-state index in [1.165, 1.54) is 0 Å². The molecule has 1 N–H and O–H groups in total. The van der Waals surface area contributed by atoms with E-state index in [0.29, 0.717) is 56.6 Å². The van der Waals surface area contributed by atoms with Crippen LogP contribution in [0.1, 0.15) is 67.8 Å². The number of aliphatic hydroxyl groups is 1. The number of rotatable bonds is 30. The molecule has 0 aliphatic rings. The zero-order valence-corrected chi connectivity index (χ0v) is 38.7. The Morgan fingerprint density at radius 3 is 1.06 bits per heavy atom. The first kappa shape index (κ1) is 52.7. The van der Waals surface area contributed by atoms with E-state index in [9.17, 15) is 19.2 Å². The molecule has 0 aliphatic heterocycles. The molecular formula is C51H56O18. The normalized spacial score (nSPS) is 12.1. The second-order valence-electron chi connectivity index (χ2n) is 14.9. The maximum Gasteiger partial charge on any atom is 0.338 e. The highest BCUT2D eigenvalue weighted by Gasteiger charge is 2.15. The first-order chi connectivity index (χ1) is 33.5. The first-order valence-electron chi connectivity index (χ1n) is 21.8. The van der Waals surface area contributed by atoms with Crippen LogP contribution in [0.2, 0.25) is 0 Å². The van der Waals surface area contributed by atoms with Gasteiger partial charge in [0.1, 0.15) is 55.2 Å². The van der Waals surface area contributed by atoms with Crippen LogP contribution in [0.4, 0.5) is 0 Å². The van der Waals surface area contributed by atoms with Crippen LogP contribution in [0.3, 0.4) is 0 Å². The van der Waals surface area contributed by atoms with Gasteiger partial charge in [-0.1, -0.05) is 12.1 Å². The van der Waals surface area contributed by atoms with Crippen LogP contribution in [0, 0.1) is 0 Å². The van der Waals surface area contributed by atoms with Gasteiger partial charge in [-0.2, -0.15) is 0 Å². The minimum absolute atomic E-state index is 0.0102. The maximum atomic E-state index is 12.6. The van der Waals surface area contributed by atoms with Gasteiger partial charge < -0.3 is 66.7 Å². The molecule has 0 heterocycles. The SMILES string of the molecule is COc1ccc(OCOC(C)COC(=O)c2ccc(OCOC(C)COC(=O)c3ccc(OCOC(C)COC(=O)c4ccc(OCOCCOC(=O)c5ccc(CO)cc5)cc4)cc3)cc2)cc1. The zero-order valence-electron chi connectivity index (χ0n) is 38.7. The third-order valence-electron chi connectivity index (χ3n) is 9.55. The summed E-state index contributed by atoms with van der Waals surface area (Å²) < 4.78 is 70.8. The molecule has 69 heavy (non-hydrogen) atoms. The molecule has 0 fully saturated rings. The largest absolute Gasteiger partial charge is 0.497 e. The zero-order chi connectivity index (χ0) is 49.2. The average Bonchev–Trinajstić information content (AvgIpc) is 3.38. The van der Waals surface area contributed by atoms with Crippen LogP contribution in [-0.4, -0.2) is 115 Å². The van der Waals surface area contributed by atoms with Gasteiger partial charge in [-0.05, 0) is 136 Å². The number of benzene rings is 5. The average molecular weight is 957 g/mol. The van der Waals surface area contributed by atoms with Gasteiger partial charge in [0.25, 0.3) is 0 Å². The molecule has 18 heteroatoms. The Balaban J connectivity index is 0.866. The van der Waals surface area contributed by atoms with Crippen molar-refractivity contribution in [3.63, 3.8) is 0 Å². The molecule has 0 aromatic heterocycles. The van der Waals surface area contributed by atoms with Crippen LogP contribution < -0.4 is 23.7 Å².